The summed E-state index contributed by atoms with van der Waals surface area (Å²) in [4.78, 5) is 11.6. The van der Waals surface area contributed by atoms with Crippen molar-refractivity contribution in [3.63, 3.8) is 0 Å². The quantitative estimate of drug-likeness (QED) is 0.128. The van der Waals surface area contributed by atoms with Crippen molar-refractivity contribution in [3.8, 4) is 0 Å². The molecule has 0 spiro atoms. The maximum Gasteiger partial charge on any atom is 0.494 e. The summed E-state index contributed by atoms with van der Waals surface area (Å²) >= 11 is 0. The highest BCUT2D eigenvalue weighted by molar-refractivity contribution is 9.37. The van der Waals surface area contributed by atoms with Crippen LogP contribution in [-0.2, 0) is 24.4 Å². The van der Waals surface area contributed by atoms with E-state index in [2.05, 4.69) is 103 Å². The minimum absolute atomic E-state index is 0.0296. The first kappa shape index (κ1) is 48.7. The first-order chi connectivity index (χ1) is 19.6. The molecule has 1 aliphatic rings. The second-order valence-electron chi connectivity index (χ2n) is 9.90. The van der Waals surface area contributed by atoms with Crippen molar-refractivity contribution < 1.29 is 23.9 Å². The molecule has 0 aromatic heterocycles. The second-order valence-corrected chi connectivity index (χ2v) is 91.1. The highest BCUT2D eigenvalue weighted by Crippen LogP contribution is 3.31. The first-order valence-electron chi connectivity index (χ1n) is 12.0. The van der Waals surface area contributed by atoms with Gasteiger partial charge in [0.15, 0.2) is 5.60 Å². The number of aliphatic hydroxyl groups is 1. The fourth-order valence-electron chi connectivity index (χ4n) is 3.30. The van der Waals surface area contributed by atoms with Gasteiger partial charge in [0.25, 0.3) is 0 Å². The van der Waals surface area contributed by atoms with Gasteiger partial charge in [0.2, 0.25) is 0 Å². The largest absolute Gasteiger partial charge is 0.494 e. The van der Waals surface area contributed by atoms with E-state index in [9.17, 15) is 9.90 Å². The fourth-order valence-corrected chi connectivity index (χ4v) is 255. The summed E-state index contributed by atoms with van der Waals surface area (Å²) in [5, 5.41) is 10.2. The van der Waals surface area contributed by atoms with Gasteiger partial charge in [-0.2, -0.15) is 0 Å². The third-order valence-corrected chi connectivity index (χ3v) is 138. The molecular formula is C16H46BO5P21. The average molecular weight is 980 g/mol. The molecule has 0 aliphatic carbocycles. The van der Waals surface area contributed by atoms with E-state index in [1.807, 2.05) is 27.7 Å². The molecule has 43 heavy (non-hydrogen) atoms. The molecule has 2 rings (SSSR count). The van der Waals surface area contributed by atoms with Crippen molar-refractivity contribution in [2.45, 2.75) is 51.4 Å². The standard InChI is InChI=1S/C16H23BO5.H23P21/c1-14(2)15(3,4)22-17(21-14)12-9-7-11(8-10-12)16(5,19)13(18)20-6;1-12-18(13(2)3)21(19(14(4)5)15(6)7)20(16(8)9)17(10)11/h7-10,19H,1-6H3;12H,1-11H2. The number of methoxy groups -OCH3 is 1. The zero-order valence-electron chi connectivity index (χ0n) is 24.8. The molecular weight excluding hydrogens is 933 g/mol. The lowest BCUT2D eigenvalue weighted by atomic mass is 9.78. The lowest BCUT2D eigenvalue weighted by Gasteiger charge is -2.46. The molecule has 1 aliphatic heterocycles. The van der Waals surface area contributed by atoms with Crippen LogP contribution in [-0.4, -0.2) is 36.5 Å². The molecule has 27 heteroatoms. The Bertz CT molecular complexity index is 962. The predicted octanol–water partition coefficient (Wildman–Crippen LogP) is 13.3. The second kappa shape index (κ2) is 22.3. The Morgan fingerprint density at radius 3 is 1.44 bits per heavy atom. The van der Waals surface area contributed by atoms with E-state index in [0.717, 1.165) is 13.4 Å². The molecule has 14 atom stereocenters. The predicted molar refractivity (Wildman–Crippen MR) is 261 cm³/mol. The van der Waals surface area contributed by atoms with E-state index < -0.39 is 29.9 Å². The van der Waals surface area contributed by atoms with E-state index in [1.165, 1.54) is 14.0 Å². The fraction of sp³-hybridized carbons (Fsp3) is 0.562. The lowest BCUT2D eigenvalue weighted by molar-refractivity contribution is -0.161. The summed E-state index contributed by atoms with van der Waals surface area (Å²) < 4.78 is 16.6. The molecule has 0 radical (unpaired) electrons. The Labute approximate surface area is 297 Å². The highest BCUT2D eigenvalue weighted by Gasteiger charge is 2.51. The van der Waals surface area contributed by atoms with Crippen LogP contribution in [0, 0.1) is 0 Å². The number of hydrogen-bond acceptors (Lipinski definition) is 5. The highest BCUT2D eigenvalue weighted by atomic mass is 33.4. The van der Waals surface area contributed by atoms with Crippen LogP contribution in [0.3, 0.4) is 0 Å². The van der Waals surface area contributed by atoms with E-state index >= 15 is 0 Å². The van der Waals surface area contributed by atoms with Crippen molar-refractivity contribution in [1.82, 2.24) is 0 Å². The molecule has 248 valence electrons. The van der Waals surface area contributed by atoms with Gasteiger partial charge in [-0.25, -0.2) is 4.79 Å². The molecule has 1 aromatic carbocycles. The van der Waals surface area contributed by atoms with Gasteiger partial charge in [0.05, 0.1) is 18.3 Å². The summed E-state index contributed by atoms with van der Waals surface area (Å²) in [6.07, 6.45) is 0. The Morgan fingerprint density at radius 1 is 0.791 bits per heavy atom. The van der Waals surface area contributed by atoms with Crippen LogP contribution >= 0.6 is 169 Å². The van der Waals surface area contributed by atoms with Gasteiger partial charge >= 0.3 is 13.1 Å². The molecule has 14 unspecified atom stereocenters. The number of hydrogen-bond donors (Lipinski definition) is 1. The van der Waals surface area contributed by atoms with E-state index in [-0.39, 0.29) is 62.9 Å². The van der Waals surface area contributed by atoms with Crippen LogP contribution in [0.4, 0.5) is 0 Å². The summed E-state index contributed by atoms with van der Waals surface area (Å²) in [6.45, 7) is 10.2. The van der Waals surface area contributed by atoms with Crippen LogP contribution in [0.15, 0.2) is 24.3 Å². The normalized spacial score (nSPS) is 19.0. The number of carbonyl (C=O) groups is 1. The zero-order valence-corrected chi connectivity index (χ0v) is 46.6. The van der Waals surface area contributed by atoms with E-state index in [4.69, 9.17) is 9.31 Å². The monoisotopic (exact) mass is 980 g/mol. The van der Waals surface area contributed by atoms with Crippen molar-refractivity contribution in [1.29, 1.82) is 0 Å². The number of carbonyl (C=O) groups excluding carboxylic acids is 1. The third kappa shape index (κ3) is 14.4. The van der Waals surface area contributed by atoms with Crippen LogP contribution in [0.25, 0.3) is 0 Å². The molecule has 1 aromatic rings. The minimum Gasteiger partial charge on any atom is -0.467 e. The van der Waals surface area contributed by atoms with Crippen LogP contribution < -0.4 is 5.46 Å². The molecule has 0 saturated carbocycles. The van der Waals surface area contributed by atoms with E-state index in [0.29, 0.717) is 5.56 Å². The molecule has 1 heterocycles. The summed E-state index contributed by atoms with van der Waals surface area (Å²) in [5.41, 5.74) is -1.20. The van der Waals surface area contributed by atoms with Gasteiger partial charge in [-0.3, -0.25) is 0 Å². The maximum absolute atomic E-state index is 11.6. The first-order valence-corrected chi connectivity index (χ1v) is 49.5. The Hall–Kier alpha value is 7.66. The number of esters is 1. The van der Waals surface area contributed by atoms with Gasteiger partial charge in [-0.05, 0) is 109 Å². The number of ether oxygens (including phenoxy) is 1. The van der Waals surface area contributed by atoms with Gasteiger partial charge in [-0.15, -0.1) is 98.2 Å². The van der Waals surface area contributed by atoms with Gasteiger partial charge in [0.1, 0.15) is 0 Å². The summed E-state index contributed by atoms with van der Waals surface area (Å²) in [5.74, 6) is -0.698. The zero-order chi connectivity index (χ0) is 33.7. The average Bonchev–Trinajstić information content (AvgIpc) is 3.09. The molecule has 1 N–H and O–H groups in total. The Morgan fingerprint density at radius 2 is 1.16 bits per heavy atom. The molecule has 1 fully saturated rings. The molecule has 0 amide bonds. The summed E-state index contributed by atoms with van der Waals surface area (Å²) in [7, 11) is 36.7. The molecule has 0 bridgehead atoms. The van der Waals surface area contributed by atoms with E-state index in [1.54, 1.807) is 24.3 Å². The van der Waals surface area contributed by atoms with Gasteiger partial charge in [0, 0.05) is 0 Å². The number of benzene rings is 1. The van der Waals surface area contributed by atoms with Crippen LogP contribution in [0.1, 0.15) is 40.2 Å². The van der Waals surface area contributed by atoms with Gasteiger partial charge in [-0.1, -0.05) is 32.2 Å². The number of rotatable bonds is 12. The Kier molecular flexibility index (Phi) is 25.2. The SMILES string of the molecule is COC(=O)C(C)(O)c1ccc(B2OC(C)(C)C(C)(C)O2)cc1.PPP(P(P)P)P(P(P(P)P)P(P)P)P(P(P)P)P(P)P. The van der Waals surface area contributed by atoms with Crippen LogP contribution in [0.5, 0.6) is 0 Å². The van der Waals surface area contributed by atoms with Crippen LogP contribution in [0.2, 0.25) is 0 Å². The molecule has 5 nitrogen and oxygen atoms in total. The van der Waals surface area contributed by atoms with Crippen molar-refractivity contribution in [2.24, 2.45) is 0 Å². The topological polar surface area (TPSA) is 65.0 Å². The third-order valence-electron chi connectivity index (χ3n) is 6.23. The van der Waals surface area contributed by atoms with Crippen molar-refractivity contribution >= 4 is 188 Å². The summed E-state index contributed by atoms with van der Waals surface area (Å²) in [6, 6.07) is 6.93. The van der Waals surface area contributed by atoms with Gasteiger partial charge < -0.3 is 19.2 Å². The molecule has 1 saturated heterocycles. The maximum atomic E-state index is 11.6. The van der Waals surface area contributed by atoms with Crippen molar-refractivity contribution in [3.05, 3.63) is 29.8 Å². The smallest absolute Gasteiger partial charge is 0.467 e. The van der Waals surface area contributed by atoms with Crippen molar-refractivity contribution in [2.75, 3.05) is 7.11 Å². The Balaban J connectivity index is 0.000000431. The minimum atomic E-state index is -1.68. The lowest BCUT2D eigenvalue weighted by Crippen LogP contribution is -2.41.